The van der Waals surface area contributed by atoms with Crippen LogP contribution in [-0.2, 0) is 50.9 Å². The van der Waals surface area contributed by atoms with E-state index in [0.29, 0.717) is 88.2 Å². The summed E-state index contributed by atoms with van der Waals surface area (Å²) < 4.78 is 38.9. The number of hydrogen-bond acceptors (Lipinski definition) is 14. The number of aliphatic carboxylic acids is 2. The summed E-state index contributed by atoms with van der Waals surface area (Å²) in [6.07, 6.45) is 11.7. The number of aryl methyl sites for hydroxylation is 2. The molecule has 0 aliphatic carbocycles. The fourth-order valence-electron chi connectivity index (χ4n) is 13.2. The molecule has 6 N–H and O–H groups in total. The Morgan fingerprint density at radius 3 is 1.21 bits per heavy atom. The van der Waals surface area contributed by atoms with Crippen LogP contribution in [0.1, 0.15) is 227 Å². The van der Waals surface area contributed by atoms with E-state index in [-0.39, 0.29) is 120 Å². The summed E-state index contributed by atoms with van der Waals surface area (Å²) in [5.41, 5.74) is -0.609. The molecule has 2 aromatic rings. The number of aliphatic hydroxyl groups excluding tert-OH is 2. The zero-order valence-corrected chi connectivity index (χ0v) is 50.8. The molecule has 81 heavy (non-hydrogen) atoms. The number of ether oxygens (including phenoxy) is 6. The van der Waals surface area contributed by atoms with Gasteiger partial charge in [0.2, 0.25) is 0 Å². The van der Waals surface area contributed by atoms with Crippen molar-refractivity contribution in [2.75, 3.05) is 0 Å². The van der Waals surface area contributed by atoms with Crippen molar-refractivity contribution in [3.05, 3.63) is 58.7 Å². The van der Waals surface area contributed by atoms with Crippen LogP contribution in [0.3, 0.4) is 0 Å². The number of esters is 2. The third-order valence-corrected chi connectivity index (χ3v) is 18.6. The number of cyclic esters (lactones) is 2. The van der Waals surface area contributed by atoms with Crippen LogP contribution in [0.2, 0.25) is 0 Å². The van der Waals surface area contributed by atoms with Crippen molar-refractivity contribution in [1.82, 2.24) is 0 Å². The number of aliphatic hydroxyl groups is 2. The minimum atomic E-state index is -1.09. The largest absolute Gasteiger partial charge is 2.00 e. The van der Waals surface area contributed by atoms with E-state index < -0.39 is 71.3 Å². The van der Waals surface area contributed by atoms with E-state index in [9.17, 15) is 49.8 Å². The second-order valence-corrected chi connectivity index (χ2v) is 25.7. The van der Waals surface area contributed by atoms with Crippen LogP contribution in [0.4, 0.5) is 0 Å². The first-order valence-corrected chi connectivity index (χ1v) is 30.6. The van der Waals surface area contributed by atoms with Gasteiger partial charge in [-0.2, -0.15) is 0 Å². The molecular weight excluding hydrogens is 1050 g/mol. The van der Waals surface area contributed by atoms with Gasteiger partial charge in [-0.1, -0.05) is 38.1 Å². The first kappa shape index (κ1) is 66.6. The van der Waals surface area contributed by atoms with E-state index in [0.717, 1.165) is 64.2 Å². The first-order valence-electron chi connectivity index (χ1n) is 30.6. The van der Waals surface area contributed by atoms with Crippen molar-refractivity contribution in [2.24, 2.45) is 22.7 Å². The second-order valence-electron chi connectivity index (χ2n) is 25.7. The van der Waals surface area contributed by atoms with Gasteiger partial charge < -0.3 is 59.1 Å². The van der Waals surface area contributed by atoms with E-state index >= 15 is 0 Å². The van der Waals surface area contributed by atoms with Crippen molar-refractivity contribution in [1.29, 1.82) is 0 Å². The summed E-state index contributed by atoms with van der Waals surface area (Å²) in [4.78, 5) is 53.1. The van der Waals surface area contributed by atoms with E-state index in [1.54, 1.807) is 39.8 Å². The molecule has 4 fully saturated rings. The Balaban J connectivity index is 0.0000106. The van der Waals surface area contributed by atoms with E-state index in [1.165, 1.54) is 12.1 Å². The van der Waals surface area contributed by atoms with Crippen molar-refractivity contribution >= 4 is 46.9 Å². The number of rotatable bonds is 12. The number of phenols is 2. The average molecular weight is 1150 g/mol. The molecule has 2 aromatic carbocycles. The third-order valence-electron chi connectivity index (χ3n) is 18.6. The molecule has 16 nitrogen and oxygen atoms in total. The monoisotopic (exact) mass is 1140 g/mol. The summed E-state index contributed by atoms with van der Waals surface area (Å²) in [7, 11) is 0. The van der Waals surface area contributed by atoms with Gasteiger partial charge in [0.25, 0.3) is 0 Å². The number of carbonyl (C=O) groups excluding carboxylic acids is 2. The Morgan fingerprint density at radius 2 is 0.840 bits per heavy atom. The number of carboxylic acid groups (broad SMARTS) is 2. The predicted molar refractivity (Wildman–Crippen MR) is 306 cm³/mol. The molecule has 448 valence electrons. The molecule has 4 bridgehead atoms. The number of hydrogen-bond donors (Lipinski definition) is 6. The molecule has 0 saturated carbocycles. The molecule has 5 heterocycles. The Kier molecular flexibility index (Phi) is 25.5. The van der Waals surface area contributed by atoms with Gasteiger partial charge in [-0.05, 0) is 217 Å². The molecule has 4 saturated heterocycles. The van der Waals surface area contributed by atoms with Crippen LogP contribution in [0, 0.1) is 22.7 Å². The van der Waals surface area contributed by atoms with Crippen LogP contribution in [0.15, 0.2) is 36.4 Å². The number of carboxylic acids is 2. The number of benzene rings is 2. The van der Waals surface area contributed by atoms with Crippen LogP contribution in [0.25, 0.3) is 0 Å². The van der Waals surface area contributed by atoms with Crippen molar-refractivity contribution in [3.63, 3.8) is 0 Å². The summed E-state index contributed by atoms with van der Waals surface area (Å²) >= 11 is 0. The minimum Gasteiger partial charge on any atom is -0.507 e. The van der Waals surface area contributed by atoms with Crippen LogP contribution in [-0.4, -0.2) is 151 Å². The second kappa shape index (κ2) is 31.0. The Hall–Kier alpha value is -3.55. The predicted octanol–water partition coefficient (Wildman–Crippen LogP) is 11.2. The molecule has 0 radical (unpaired) electrons. The Labute approximate surface area is 497 Å². The summed E-state index contributed by atoms with van der Waals surface area (Å²) in [5.74, 6) is -3.90. The van der Waals surface area contributed by atoms with Crippen LogP contribution >= 0.6 is 0 Å². The summed E-state index contributed by atoms with van der Waals surface area (Å²) in [6.45, 7) is 10.7. The quantitative estimate of drug-likeness (QED) is 0.0855. The number of fused-ring (bicyclic) bond motifs is 6. The SMILES string of the molecule is C[C@H]1CC[C@@H]2CCC[C@H](CCCc3cccc(O)c3C(=O)O[C@H](C[C@@H](O)C[C@@H]3CCC[C@H](C(C)(C)C(=O)O)O3)[C@@H](C)CC[C@@H]3CCC[C@H](CCCc4cccc(O)c4C(=O)O[C@@H]1C[C@@H](O)C[C@@H]1CCC[C@H](C(C)(C)C(=O)O)O1)O3)O2.[Mg+2]. The molecule has 0 unspecified atom stereocenters. The zero-order chi connectivity index (χ0) is 57.7. The number of carbonyl (C=O) groups is 4. The molecule has 0 spiro atoms. The Morgan fingerprint density at radius 1 is 0.494 bits per heavy atom. The van der Waals surface area contributed by atoms with Gasteiger partial charge in [-0.3, -0.25) is 9.59 Å². The van der Waals surface area contributed by atoms with E-state index in [2.05, 4.69) is 0 Å². The first-order chi connectivity index (χ1) is 38.1. The molecule has 14 atom stereocenters. The van der Waals surface area contributed by atoms with Crippen molar-refractivity contribution in [3.8, 4) is 11.5 Å². The van der Waals surface area contributed by atoms with Gasteiger partial charge in [0.05, 0.1) is 71.9 Å². The topological polar surface area (TPSA) is 245 Å². The van der Waals surface area contributed by atoms with Crippen molar-refractivity contribution in [2.45, 2.75) is 282 Å². The fraction of sp³-hybridized carbons (Fsp3) is 0.750. The van der Waals surface area contributed by atoms with Gasteiger partial charge >= 0.3 is 46.9 Å². The maximum absolute atomic E-state index is 14.4. The van der Waals surface area contributed by atoms with Gasteiger partial charge in [-0.15, -0.1) is 0 Å². The van der Waals surface area contributed by atoms with Gasteiger partial charge in [0.1, 0.15) is 34.8 Å². The van der Waals surface area contributed by atoms with Gasteiger partial charge in [-0.25, -0.2) is 9.59 Å². The molecule has 0 aromatic heterocycles. The normalized spacial score (nSPS) is 31.0. The van der Waals surface area contributed by atoms with Crippen molar-refractivity contribution < 1.29 is 78.2 Å². The zero-order valence-electron chi connectivity index (χ0n) is 49.4. The average Bonchev–Trinajstić information content (AvgIpc) is 3.42. The maximum atomic E-state index is 14.4. The van der Waals surface area contributed by atoms with Gasteiger partial charge in [0.15, 0.2) is 0 Å². The van der Waals surface area contributed by atoms with Crippen LogP contribution in [0.5, 0.6) is 11.5 Å². The van der Waals surface area contributed by atoms with E-state index in [4.69, 9.17) is 28.4 Å². The molecule has 17 heteroatoms. The summed E-state index contributed by atoms with van der Waals surface area (Å²) in [5, 5.41) is 65.8. The Bertz CT molecular complexity index is 2180. The smallest absolute Gasteiger partial charge is 0.507 e. The van der Waals surface area contributed by atoms with Crippen LogP contribution < -0.4 is 0 Å². The minimum absolute atomic E-state index is 0. The van der Waals surface area contributed by atoms with Gasteiger partial charge in [0, 0.05) is 12.8 Å². The molecular formula is C64H96MgO16+2. The molecule has 0 amide bonds. The number of phenolic OH excluding ortho intramolecular Hbond substituents is 2. The number of aromatic hydroxyl groups is 2. The molecule has 5 aliphatic rings. The van der Waals surface area contributed by atoms with E-state index in [1.807, 2.05) is 26.0 Å². The fourth-order valence-corrected chi connectivity index (χ4v) is 13.2. The molecule has 7 rings (SSSR count). The third kappa shape index (κ3) is 18.7. The molecule has 5 aliphatic heterocycles. The summed E-state index contributed by atoms with van der Waals surface area (Å²) in [6, 6.07) is 10.2. The maximum Gasteiger partial charge on any atom is 2.00 e. The standard InChI is InChI=1S/C64H96O16.Mg/c1-39-31-33-47-23-11-21-45(75-47)19-8-16-42-18-10-28-52(68)58(42)60(70)80-54(38-44(66)36-50-26-14-30-56(78-50)64(5,6)62(73)74)40(2)32-34-48-24-12-22-46(76-48)20-7-15-41-17-9-27-51(67)57(41)59(69)79-53(39)37-43(65)35-49-25-13-29-55(77-49)63(3,4)61(71)72;/h9-10,17-18,27-28,39-40,43-50,53-56,65-68H,7-8,11-16,19-26,29-38H2,1-6H3,(H,71,72)(H,73,74);/q;+2/t39-,40-,43-,44-,45-,46-,47-,48-,49-,50-,53+,54+,55+,56+;/m0./s1.